The molecule has 0 spiro atoms. The second-order valence-corrected chi connectivity index (χ2v) is 7.20. The Hall–Kier alpha value is -2.05. The molecule has 0 saturated carbocycles. The molecule has 0 aliphatic carbocycles. The van der Waals surface area contributed by atoms with E-state index in [1.807, 2.05) is 11.9 Å². The number of rotatable bonds is 3. The maximum absolute atomic E-state index is 12.6. The fourth-order valence-electron chi connectivity index (χ4n) is 3.16. The highest BCUT2D eigenvalue weighted by Crippen LogP contribution is 2.26. The minimum atomic E-state index is -0.366. The molecule has 1 saturated heterocycles. The number of nitrogens with zero attached hydrogens (tertiary/aromatic N) is 4. The van der Waals surface area contributed by atoms with Gasteiger partial charge in [-0.25, -0.2) is 0 Å². The molecule has 0 bridgehead atoms. The van der Waals surface area contributed by atoms with E-state index in [4.69, 9.17) is 23.2 Å². The number of benzene rings is 1. The molecule has 1 aliphatic heterocycles. The van der Waals surface area contributed by atoms with Crippen molar-refractivity contribution < 1.29 is 4.79 Å². The summed E-state index contributed by atoms with van der Waals surface area (Å²) in [4.78, 5) is 28.0. The van der Waals surface area contributed by atoms with Crippen molar-refractivity contribution in [2.45, 2.75) is 25.8 Å². The van der Waals surface area contributed by atoms with Crippen molar-refractivity contribution in [2.24, 2.45) is 0 Å². The van der Waals surface area contributed by atoms with Crippen molar-refractivity contribution >= 4 is 34.8 Å². The fourth-order valence-corrected chi connectivity index (χ4v) is 3.54. The maximum atomic E-state index is 12.6. The summed E-state index contributed by atoms with van der Waals surface area (Å²) in [6.45, 7) is 3.01. The first kappa shape index (κ1) is 18.7. The van der Waals surface area contributed by atoms with Gasteiger partial charge in [-0.3, -0.25) is 9.59 Å². The van der Waals surface area contributed by atoms with E-state index in [2.05, 4.69) is 5.10 Å². The van der Waals surface area contributed by atoms with Crippen LogP contribution in [0.1, 0.15) is 19.8 Å². The molecular formula is C18H20Cl2N4O2. The molecule has 1 aromatic carbocycles. The van der Waals surface area contributed by atoms with Crippen molar-refractivity contribution in [1.82, 2.24) is 14.7 Å². The van der Waals surface area contributed by atoms with Crippen LogP contribution in [0.4, 0.5) is 5.69 Å². The van der Waals surface area contributed by atoms with E-state index < -0.39 is 0 Å². The predicted octanol–water partition coefficient (Wildman–Crippen LogP) is 2.99. The van der Waals surface area contributed by atoms with Crippen LogP contribution in [-0.4, -0.2) is 46.8 Å². The summed E-state index contributed by atoms with van der Waals surface area (Å²) in [7, 11) is 1.82. The maximum Gasteiger partial charge on any atom is 0.292 e. The first-order valence-corrected chi connectivity index (χ1v) is 9.16. The third-order valence-corrected chi connectivity index (χ3v) is 5.43. The van der Waals surface area contributed by atoms with Gasteiger partial charge in [-0.15, -0.1) is 0 Å². The highest BCUT2D eigenvalue weighted by molar-refractivity contribution is 6.33. The zero-order valence-corrected chi connectivity index (χ0v) is 16.2. The summed E-state index contributed by atoms with van der Waals surface area (Å²) < 4.78 is 1.26. The van der Waals surface area contributed by atoms with E-state index in [-0.39, 0.29) is 22.5 Å². The monoisotopic (exact) mass is 394 g/mol. The third kappa shape index (κ3) is 3.71. The van der Waals surface area contributed by atoms with Gasteiger partial charge in [-0.05, 0) is 37.1 Å². The highest BCUT2D eigenvalue weighted by Gasteiger charge is 2.26. The topological polar surface area (TPSA) is 58.4 Å². The van der Waals surface area contributed by atoms with Crippen molar-refractivity contribution in [3.8, 4) is 5.69 Å². The van der Waals surface area contributed by atoms with Crippen LogP contribution in [0.25, 0.3) is 5.69 Å². The summed E-state index contributed by atoms with van der Waals surface area (Å²) in [5.41, 5.74) is 0.870. The van der Waals surface area contributed by atoms with E-state index in [9.17, 15) is 9.59 Å². The average molecular weight is 395 g/mol. The van der Waals surface area contributed by atoms with Gasteiger partial charge in [0.2, 0.25) is 5.91 Å². The molecule has 2 heterocycles. The van der Waals surface area contributed by atoms with Crippen molar-refractivity contribution in [3.63, 3.8) is 0 Å². The lowest BCUT2D eigenvalue weighted by Gasteiger charge is -2.37. The van der Waals surface area contributed by atoms with Crippen LogP contribution in [0.5, 0.6) is 0 Å². The van der Waals surface area contributed by atoms with Gasteiger partial charge in [0.25, 0.3) is 5.56 Å². The summed E-state index contributed by atoms with van der Waals surface area (Å²) >= 11 is 12.2. The molecular weight excluding hydrogens is 375 g/mol. The Morgan fingerprint density at radius 3 is 2.38 bits per heavy atom. The van der Waals surface area contributed by atoms with E-state index in [1.165, 1.54) is 4.68 Å². The molecule has 1 aliphatic rings. The van der Waals surface area contributed by atoms with Crippen LogP contribution >= 0.6 is 23.2 Å². The number of anilines is 1. The van der Waals surface area contributed by atoms with Crippen LogP contribution in [0.15, 0.2) is 35.3 Å². The minimum absolute atomic E-state index is 0.0636. The zero-order valence-electron chi connectivity index (χ0n) is 14.7. The second kappa shape index (κ2) is 7.68. The highest BCUT2D eigenvalue weighted by atomic mass is 35.5. The number of carbonyl (C=O) groups is 1. The molecule has 26 heavy (non-hydrogen) atoms. The first-order valence-electron chi connectivity index (χ1n) is 8.40. The Kier molecular flexibility index (Phi) is 5.53. The molecule has 6 nitrogen and oxygen atoms in total. The summed E-state index contributed by atoms with van der Waals surface area (Å²) in [6, 6.07) is 7.04. The van der Waals surface area contributed by atoms with Gasteiger partial charge < -0.3 is 9.80 Å². The number of aromatic nitrogens is 2. The molecule has 0 N–H and O–H groups in total. The van der Waals surface area contributed by atoms with Crippen LogP contribution in [0.3, 0.4) is 0 Å². The van der Waals surface area contributed by atoms with Crippen LogP contribution < -0.4 is 10.5 Å². The van der Waals surface area contributed by atoms with Gasteiger partial charge in [-0.2, -0.15) is 9.78 Å². The first-order chi connectivity index (χ1) is 12.4. The molecule has 1 fully saturated rings. The second-order valence-electron chi connectivity index (χ2n) is 6.39. The Morgan fingerprint density at radius 2 is 1.81 bits per heavy atom. The quantitative estimate of drug-likeness (QED) is 0.802. The number of hydrogen-bond donors (Lipinski definition) is 0. The lowest BCUT2D eigenvalue weighted by atomic mass is 10.0. The smallest absolute Gasteiger partial charge is 0.292 e. The lowest BCUT2D eigenvalue weighted by molar-refractivity contribution is -0.129. The number of amides is 1. The van der Waals surface area contributed by atoms with Crippen molar-refractivity contribution in [3.05, 3.63) is 50.9 Å². The van der Waals surface area contributed by atoms with Gasteiger partial charge in [0.1, 0.15) is 5.02 Å². The molecule has 0 radical (unpaired) electrons. The normalized spacial score (nSPS) is 15.2. The summed E-state index contributed by atoms with van der Waals surface area (Å²) in [6.07, 6.45) is 3.27. The molecule has 138 valence electrons. The predicted molar refractivity (Wildman–Crippen MR) is 104 cm³/mol. The Labute approximate surface area is 161 Å². The third-order valence-electron chi connectivity index (χ3n) is 4.82. The zero-order chi connectivity index (χ0) is 18.8. The Morgan fingerprint density at radius 1 is 1.19 bits per heavy atom. The standard InChI is InChI=1S/C18H20Cl2N4O2/c1-12(25)22(2)14-7-9-23(10-8-14)16-11-21-24(18(26)17(16)20)15-5-3-13(19)4-6-15/h3-6,11,14H,7-10H2,1-2H3. The van der Waals surface area contributed by atoms with Crippen molar-refractivity contribution in [2.75, 3.05) is 25.0 Å². The van der Waals surface area contributed by atoms with Gasteiger partial charge in [0.15, 0.2) is 0 Å². The van der Waals surface area contributed by atoms with Gasteiger partial charge in [-0.1, -0.05) is 23.2 Å². The average Bonchev–Trinajstić information content (AvgIpc) is 2.64. The van der Waals surface area contributed by atoms with E-state index in [1.54, 1.807) is 42.3 Å². The van der Waals surface area contributed by atoms with Crippen molar-refractivity contribution in [1.29, 1.82) is 0 Å². The SMILES string of the molecule is CC(=O)N(C)C1CCN(c2cnn(-c3ccc(Cl)cc3)c(=O)c2Cl)CC1. The van der Waals surface area contributed by atoms with Gasteiger partial charge in [0.05, 0.1) is 17.6 Å². The molecule has 3 rings (SSSR count). The molecule has 0 unspecified atom stereocenters. The molecule has 1 amide bonds. The number of piperidine rings is 1. The number of hydrogen-bond acceptors (Lipinski definition) is 4. The fraction of sp³-hybridized carbons (Fsp3) is 0.389. The van der Waals surface area contributed by atoms with Crippen LogP contribution in [0, 0.1) is 0 Å². The van der Waals surface area contributed by atoms with E-state index >= 15 is 0 Å². The largest absolute Gasteiger partial charge is 0.369 e. The van der Waals surface area contributed by atoms with Crippen LogP contribution in [0.2, 0.25) is 10.0 Å². The summed E-state index contributed by atoms with van der Waals surface area (Å²) in [5.74, 6) is 0.0636. The van der Waals surface area contributed by atoms with E-state index in [0.29, 0.717) is 29.5 Å². The molecule has 2 aromatic rings. The molecule has 0 atom stereocenters. The molecule has 8 heteroatoms. The van der Waals surface area contributed by atoms with E-state index in [0.717, 1.165) is 12.8 Å². The number of carbonyl (C=O) groups excluding carboxylic acids is 1. The number of halogens is 2. The molecule has 1 aromatic heterocycles. The Balaban J connectivity index is 1.80. The minimum Gasteiger partial charge on any atom is -0.369 e. The van der Waals surface area contributed by atoms with Gasteiger partial charge >= 0.3 is 0 Å². The van der Waals surface area contributed by atoms with Gasteiger partial charge in [0, 0.05) is 38.1 Å². The van der Waals surface area contributed by atoms with Crippen LogP contribution in [-0.2, 0) is 4.79 Å². The lowest BCUT2D eigenvalue weighted by Crippen LogP contribution is -2.45. The Bertz CT molecular complexity index is 858. The summed E-state index contributed by atoms with van der Waals surface area (Å²) in [5, 5.41) is 5.00.